The SMILES string of the molecule is CCOCCSc1cccc(CO)c1. The fourth-order valence-corrected chi connectivity index (χ4v) is 1.94. The van der Waals surface area contributed by atoms with Crippen molar-refractivity contribution in [2.75, 3.05) is 19.0 Å². The van der Waals surface area contributed by atoms with Gasteiger partial charge in [-0.2, -0.15) is 0 Å². The summed E-state index contributed by atoms with van der Waals surface area (Å²) in [6, 6.07) is 7.95. The van der Waals surface area contributed by atoms with Crippen molar-refractivity contribution >= 4 is 11.8 Å². The number of aliphatic hydroxyl groups is 1. The van der Waals surface area contributed by atoms with Crippen molar-refractivity contribution in [1.29, 1.82) is 0 Å². The van der Waals surface area contributed by atoms with Crippen LogP contribution in [0.25, 0.3) is 0 Å². The molecule has 14 heavy (non-hydrogen) atoms. The Morgan fingerprint density at radius 3 is 3.00 bits per heavy atom. The van der Waals surface area contributed by atoms with Crippen LogP contribution in [0.2, 0.25) is 0 Å². The highest BCUT2D eigenvalue weighted by atomic mass is 32.2. The quantitative estimate of drug-likeness (QED) is 0.579. The fraction of sp³-hybridized carbons (Fsp3) is 0.455. The van der Waals surface area contributed by atoms with E-state index in [0.29, 0.717) is 0 Å². The Morgan fingerprint density at radius 1 is 1.43 bits per heavy atom. The Kier molecular flexibility index (Phi) is 5.68. The molecule has 0 saturated heterocycles. The lowest BCUT2D eigenvalue weighted by Gasteiger charge is -2.03. The molecule has 1 N–H and O–H groups in total. The number of aliphatic hydroxyl groups excluding tert-OH is 1. The molecule has 1 aromatic carbocycles. The Labute approximate surface area is 89.3 Å². The molecule has 0 unspecified atom stereocenters. The highest BCUT2D eigenvalue weighted by molar-refractivity contribution is 7.99. The van der Waals surface area contributed by atoms with Crippen LogP contribution in [0.1, 0.15) is 12.5 Å². The number of hydrogen-bond acceptors (Lipinski definition) is 3. The molecule has 0 aliphatic heterocycles. The van der Waals surface area contributed by atoms with Gasteiger partial charge in [0, 0.05) is 17.3 Å². The van der Waals surface area contributed by atoms with Gasteiger partial charge in [0.1, 0.15) is 0 Å². The summed E-state index contributed by atoms with van der Waals surface area (Å²) in [5.74, 6) is 0.961. The topological polar surface area (TPSA) is 29.5 Å². The summed E-state index contributed by atoms with van der Waals surface area (Å²) in [7, 11) is 0. The van der Waals surface area contributed by atoms with Gasteiger partial charge in [0.2, 0.25) is 0 Å². The van der Waals surface area contributed by atoms with Crippen LogP contribution in [0.15, 0.2) is 29.2 Å². The second-order valence-electron chi connectivity index (χ2n) is 2.85. The average Bonchev–Trinajstić information content (AvgIpc) is 2.25. The summed E-state index contributed by atoms with van der Waals surface area (Å²) < 4.78 is 5.24. The van der Waals surface area contributed by atoms with Crippen molar-refractivity contribution in [3.63, 3.8) is 0 Å². The maximum Gasteiger partial charge on any atom is 0.0682 e. The van der Waals surface area contributed by atoms with Gasteiger partial charge in [0.25, 0.3) is 0 Å². The molecule has 1 aromatic rings. The molecule has 1 rings (SSSR count). The monoisotopic (exact) mass is 212 g/mol. The number of rotatable bonds is 6. The first-order valence-corrected chi connectivity index (χ1v) is 5.75. The lowest BCUT2D eigenvalue weighted by molar-refractivity contribution is 0.164. The zero-order valence-electron chi connectivity index (χ0n) is 8.40. The van der Waals surface area contributed by atoms with Crippen molar-refractivity contribution in [3.05, 3.63) is 29.8 Å². The zero-order chi connectivity index (χ0) is 10.2. The molecule has 0 saturated carbocycles. The van der Waals surface area contributed by atoms with Crippen molar-refractivity contribution < 1.29 is 9.84 Å². The van der Waals surface area contributed by atoms with E-state index in [9.17, 15) is 0 Å². The molecule has 0 fully saturated rings. The molecule has 0 aliphatic rings. The first-order chi connectivity index (χ1) is 6.86. The van der Waals surface area contributed by atoms with Crippen molar-refractivity contribution in [3.8, 4) is 0 Å². The molecule has 0 atom stereocenters. The third-order valence-corrected chi connectivity index (χ3v) is 2.74. The van der Waals surface area contributed by atoms with Crippen molar-refractivity contribution in [2.45, 2.75) is 18.4 Å². The number of ether oxygens (including phenoxy) is 1. The van der Waals surface area contributed by atoms with Crippen LogP contribution in [0.4, 0.5) is 0 Å². The summed E-state index contributed by atoms with van der Waals surface area (Å²) in [5.41, 5.74) is 0.964. The molecule has 0 radical (unpaired) electrons. The van der Waals surface area contributed by atoms with E-state index in [0.717, 1.165) is 24.5 Å². The van der Waals surface area contributed by atoms with Crippen molar-refractivity contribution in [2.24, 2.45) is 0 Å². The second kappa shape index (κ2) is 6.87. The lowest BCUT2D eigenvalue weighted by atomic mass is 10.2. The average molecular weight is 212 g/mol. The van der Waals surface area contributed by atoms with Crippen LogP contribution >= 0.6 is 11.8 Å². The van der Waals surface area contributed by atoms with E-state index in [1.165, 1.54) is 4.90 Å². The van der Waals surface area contributed by atoms with E-state index in [1.807, 2.05) is 25.1 Å². The van der Waals surface area contributed by atoms with Crippen LogP contribution in [0.5, 0.6) is 0 Å². The van der Waals surface area contributed by atoms with Crippen LogP contribution in [-0.2, 0) is 11.3 Å². The van der Waals surface area contributed by atoms with Gasteiger partial charge in [-0.15, -0.1) is 11.8 Å². The third kappa shape index (κ3) is 4.13. The van der Waals surface area contributed by atoms with Crippen LogP contribution in [0.3, 0.4) is 0 Å². The molecule has 0 heterocycles. The highest BCUT2D eigenvalue weighted by Gasteiger charge is 1.95. The maximum absolute atomic E-state index is 8.94. The molecule has 0 bridgehead atoms. The first-order valence-electron chi connectivity index (χ1n) is 4.77. The number of hydrogen-bond donors (Lipinski definition) is 1. The second-order valence-corrected chi connectivity index (χ2v) is 4.02. The van der Waals surface area contributed by atoms with E-state index >= 15 is 0 Å². The molecule has 78 valence electrons. The summed E-state index contributed by atoms with van der Waals surface area (Å²) >= 11 is 1.75. The highest BCUT2D eigenvalue weighted by Crippen LogP contribution is 2.18. The van der Waals surface area contributed by atoms with E-state index in [4.69, 9.17) is 9.84 Å². The van der Waals surface area contributed by atoms with Crippen LogP contribution < -0.4 is 0 Å². The molecule has 0 amide bonds. The van der Waals surface area contributed by atoms with E-state index in [2.05, 4.69) is 6.07 Å². The van der Waals surface area contributed by atoms with Gasteiger partial charge >= 0.3 is 0 Å². The van der Waals surface area contributed by atoms with Gasteiger partial charge in [-0.1, -0.05) is 12.1 Å². The Morgan fingerprint density at radius 2 is 2.29 bits per heavy atom. The van der Waals surface area contributed by atoms with Gasteiger partial charge in [0.05, 0.1) is 13.2 Å². The molecule has 2 nitrogen and oxygen atoms in total. The van der Waals surface area contributed by atoms with Gasteiger partial charge in [-0.05, 0) is 24.6 Å². The number of benzene rings is 1. The Hall–Kier alpha value is -0.510. The minimum atomic E-state index is 0.111. The van der Waals surface area contributed by atoms with Gasteiger partial charge in [-0.25, -0.2) is 0 Å². The summed E-state index contributed by atoms with van der Waals surface area (Å²) in [6.45, 7) is 3.67. The molecular formula is C11H16O2S. The van der Waals surface area contributed by atoms with E-state index in [1.54, 1.807) is 11.8 Å². The normalized spacial score (nSPS) is 10.4. The minimum Gasteiger partial charge on any atom is -0.392 e. The minimum absolute atomic E-state index is 0.111. The van der Waals surface area contributed by atoms with Crippen LogP contribution in [0, 0.1) is 0 Å². The van der Waals surface area contributed by atoms with Crippen LogP contribution in [-0.4, -0.2) is 24.1 Å². The van der Waals surface area contributed by atoms with Gasteiger partial charge < -0.3 is 9.84 Å². The van der Waals surface area contributed by atoms with E-state index < -0.39 is 0 Å². The van der Waals surface area contributed by atoms with Gasteiger partial charge in [0.15, 0.2) is 0 Å². The van der Waals surface area contributed by atoms with E-state index in [-0.39, 0.29) is 6.61 Å². The van der Waals surface area contributed by atoms with Gasteiger partial charge in [-0.3, -0.25) is 0 Å². The molecule has 3 heteroatoms. The molecule has 0 spiro atoms. The molecular weight excluding hydrogens is 196 g/mol. The lowest BCUT2D eigenvalue weighted by Crippen LogP contribution is -1.95. The predicted molar refractivity (Wildman–Crippen MR) is 59.6 cm³/mol. The Balaban J connectivity index is 2.34. The Bertz CT molecular complexity index is 263. The maximum atomic E-state index is 8.94. The smallest absolute Gasteiger partial charge is 0.0682 e. The third-order valence-electron chi connectivity index (χ3n) is 1.78. The summed E-state index contributed by atoms with van der Waals surface area (Å²) in [5, 5.41) is 8.94. The van der Waals surface area contributed by atoms with Crippen molar-refractivity contribution in [1.82, 2.24) is 0 Å². The zero-order valence-corrected chi connectivity index (χ0v) is 9.22. The first kappa shape index (κ1) is 11.6. The largest absolute Gasteiger partial charge is 0.392 e. The fourth-order valence-electron chi connectivity index (χ4n) is 1.10. The molecule has 0 aromatic heterocycles. The predicted octanol–water partition coefficient (Wildman–Crippen LogP) is 2.31. The summed E-state index contributed by atoms with van der Waals surface area (Å²) in [6.07, 6.45) is 0. The molecule has 0 aliphatic carbocycles. The number of thioether (sulfide) groups is 1. The summed E-state index contributed by atoms with van der Waals surface area (Å²) in [4.78, 5) is 1.19. The standard InChI is InChI=1S/C11H16O2S/c1-2-13-6-7-14-11-5-3-4-10(8-11)9-12/h3-5,8,12H,2,6-7,9H2,1H3.